The topological polar surface area (TPSA) is 61.8 Å². The summed E-state index contributed by atoms with van der Waals surface area (Å²) in [4.78, 5) is 26.4. The number of benzene rings is 1. The predicted molar refractivity (Wildman–Crippen MR) is 97.4 cm³/mol. The zero-order chi connectivity index (χ0) is 17.7. The molecule has 4 atom stereocenters. The molecule has 5 heteroatoms. The summed E-state index contributed by atoms with van der Waals surface area (Å²) in [6.07, 6.45) is 3.94. The molecule has 1 fully saturated rings. The van der Waals surface area contributed by atoms with Crippen LogP contribution in [0.4, 0.5) is 5.69 Å². The third-order valence-electron chi connectivity index (χ3n) is 6.34. The molecule has 2 aliphatic heterocycles. The largest absolute Gasteiger partial charge is 0.315 e. The van der Waals surface area contributed by atoms with Gasteiger partial charge in [-0.3, -0.25) is 9.59 Å². The highest BCUT2D eigenvalue weighted by molar-refractivity contribution is 6.07. The number of hydrogen-bond acceptors (Lipinski definition) is 3. The number of rotatable bonds is 1. The van der Waals surface area contributed by atoms with E-state index in [2.05, 4.69) is 29.6 Å². The van der Waals surface area contributed by atoms with E-state index < -0.39 is 0 Å². The number of hydrogen-bond donors (Lipinski definition) is 1. The Morgan fingerprint density at radius 1 is 1.16 bits per heavy atom. The van der Waals surface area contributed by atoms with Crippen LogP contribution < -0.4 is 10.3 Å². The Balaban J connectivity index is 1.74. The van der Waals surface area contributed by atoms with E-state index in [9.17, 15) is 9.59 Å². The molecule has 4 unspecified atom stereocenters. The standard InChI is InChI=1S/C20H25N3O2/c1-11-9-14-10-13(7-8-17(14)23(3)20(25)12(11)2)18-15-5-4-6-16(15)19(24)22-21-18/h7-8,10-12,15-16H,4-6,9H2,1-3H3,(H,22,24). The van der Waals surface area contributed by atoms with Crippen molar-refractivity contribution in [3.8, 4) is 0 Å². The smallest absolute Gasteiger partial charge is 0.243 e. The van der Waals surface area contributed by atoms with Gasteiger partial charge in [-0.15, -0.1) is 0 Å². The summed E-state index contributed by atoms with van der Waals surface area (Å²) in [6.45, 7) is 4.16. The van der Waals surface area contributed by atoms with E-state index in [1.807, 2.05) is 20.0 Å². The predicted octanol–water partition coefficient (Wildman–Crippen LogP) is 2.73. The van der Waals surface area contributed by atoms with Gasteiger partial charge in [-0.05, 0) is 48.4 Å². The van der Waals surface area contributed by atoms with E-state index in [4.69, 9.17) is 0 Å². The zero-order valence-corrected chi connectivity index (χ0v) is 15.1. The first-order valence-electron chi connectivity index (χ1n) is 9.25. The minimum absolute atomic E-state index is 0.0198. The normalized spacial score (nSPS) is 31.8. The summed E-state index contributed by atoms with van der Waals surface area (Å²) in [5, 5.41) is 4.40. The van der Waals surface area contributed by atoms with Gasteiger partial charge in [0.2, 0.25) is 11.8 Å². The fourth-order valence-electron chi connectivity index (χ4n) is 4.59. The van der Waals surface area contributed by atoms with Crippen LogP contribution in [0.15, 0.2) is 23.3 Å². The first-order valence-corrected chi connectivity index (χ1v) is 9.25. The van der Waals surface area contributed by atoms with Gasteiger partial charge >= 0.3 is 0 Å². The average molecular weight is 339 g/mol. The highest BCUT2D eigenvalue weighted by Crippen LogP contribution is 2.38. The first kappa shape index (κ1) is 16.3. The van der Waals surface area contributed by atoms with Gasteiger partial charge in [-0.2, -0.15) is 5.10 Å². The summed E-state index contributed by atoms with van der Waals surface area (Å²) < 4.78 is 0. The zero-order valence-electron chi connectivity index (χ0n) is 15.1. The quantitative estimate of drug-likeness (QED) is 0.855. The van der Waals surface area contributed by atoms with Crippen molar-refractivity contribution < 1.29 is 9.59 Å². The molecule has 2 amide bonds. The Kier molecular flexibility index (Phi) is 3.89. The first-order chi connectivity index (χ1) is 12.0. The molecule has 2 heterocycles. The number of carbonyl (C=O) groups excluding carboxylic acids is 2. The fourth-order valence-corrected chi connectivity index (χ4v) is 4.59. The number of anilines is 1. The summed E-state index contributed by atoms with van der Waals surface area (Å²) >= 11 is 0. The van der Waals surface area contributed by atoms with Crippen LogP contribution in [0.3, 0.4) is 0 Å². The molecule has 3 aliphatic rings. The second-order valence-corrected chi connectivity index (χ2v) is 7.83. The molecule has 1 aliphatic carbocycles. The van der Waals surface area contributed by atoms with Crippen molar-refractivity contribution in [1.29, 1.82) is 0 Å². The van der Waals surface area contributed by atoms with Gasteiger partial charge in [0.05, 0.1) is 5.71 Å². The van der Waals surface area contributed by atoms with Gasteiger partial charge in [0.1, 0.15) is 0 Å². The van der Waals surface area contributed by atoms with Crippen molar-refractivity contribution in [2.75, 3.05) is 11.9 Å². The second-order valence-electron chi connectivity index (χ2n) is 7.83. The van der Waals surface area contributed by atoms with Crippen molar-refractivity contribution in [1.82, 2.24) is 5.43 Å². The molecule has 25 heavy (non-hydrogen) atoms. The average Bonchev–Trinajstić information content (AvgIpc) is 3.08. The van der Waals surface area contributed by atoms with E-state index in [0.717, 1.165) is 42.6 Å². The Hall–Kier alpha value is -2.17. The molecule has 5 nitrogen and oxygen atoms in total. The lowest BCUT2D eigenvalue weighted by Gasteiger charge is -2.26. The van der Waals surface area contributed by atoms with E-state index in [1.165, 1.54) is 5.56 Å². The Labute approximate surface area is 148 Å². The van der Waals surface area contributed by atoms with Gasteiger partial charge in [0.25, 0.3) is 0 Å². The number of nitrogens with one attached hydrogen (secondary N) is 1. The second kappa shape index (κ2) is 5.97. The molecular formula is C20H25N3O2. The summed E-state index contributed by atoms with van der Waals surface area (Å²) in [6, 6.07) is 6.27. The van der Waals surface area contributed by atoms with Crippen LogP contribution in [-0.2, 0) is 16.0 Å². The van der Waals surface area contributed by atoms with Crippen LogP contribution in [-0.4, -0.2) is 24.6 Å². The molecule has 4 rings (SSSR count). The molecular weight excluding hydrogens is 314 g/mol. The Morgan fingerprint density at radius 3 is 2.72 bits per heavy atom. The number of nitrogens with zero attached hydrogens (tertiary/aromatic N) is 2. The van der Waals surface area contributed by atoms with Crippen molar-refractivity contribution in [3.63, 3.8) is 0 Å². The monoisotopic (exact) mass is 339 g/mol. The van der Waals surface area contributed by atoms with Crippen LogP contribution in [0.1, 0.15) is 44.2 Å². The number of carbonyl (C=O) groups is 2. The van der Waals surface area contributed by atoms with Crippen LogP contribution in [0.25, 0.3) is 0 Å². The number of amides is 2. The van der Waals surface area contributed by atoms with E-state index in [0.29, 0.717) is 5.92 Å². The lowest BCUT2D eigenvalue weighted by Crippen LogP contribution is -2.39. The minimum Gasteiger partial charge on any atom is -0.315 e. The molecule has 1 aromatic rings. The van der Waals surface area contributed by atoms with Crippen molar-refractivity contribution >= 4 is 23.2 Å². The van der Waals surface area contributed by atoms with Crippen molar-refractivity contribution in [3.05, 3.63) is 29.3 Å². The van der Waals surface area contributed by atoms with Gasteiger partial charge in [0.15, 0.2) is 0 Å². The van der Waals surface area contributed by atoms with Crippen LogP contribution >= 0.6 is 0 Å². The van der Waals surface area contributed by atoms with Gasteiger partial charge in [-0.25, -0.2) is 5.43 Å². The molecule has 0 bridgehead atoms. The van der Waals surface area contributed by atoms with Crippen LogP contribution in [0.2, 0.25) is 0 Å². The van der Waals surface area contributed by atoms with E-state index in [-0.39, 0.29) is 29.6 Å². The maximum absolute atomic E-state index is 12.5. The SMILES string of the molecule is CC1Cc2cc(C3=NNC(=O)C4CCCC34)ccc2N(C)C(=O)C1C. The van der Waals surface area contributed by atoms with Gasteiger partial charge < -0.3 is 4.90 Å². The lowest BCUT2D eigenvalue weighted by atomic mass is 9.84. The molecule has 0 radical (unpaired) electrons. The Bertz CT molecular complexity index is 770. The Morgan fingerprint density at radius 2 is 1.92 bits per heavy atom. The van der Waals surface area contributed by atoms with Gasteiger partial charge in [-0.1, -0.05) is 26.3 Å². The molecule has 0 aromatic heterocycles. The maximum atomic E-state index is 12.5. The van der Waals surface area contributed by atoms with E-state index in [1.54, 1.807) is 4.90 Å². The molecule has 1 N–H and O–H groups in total. The molecule has 1 saturated carbocycles. The molecule has 1 aromatic carbocycles. The van der Waals surface area contributed by atoms with Crippen LogP contribution in [0, 0.1) is 23.7 Å². The molecule has 132 valence electrons. The van der Waals surface area contributed by atoms with Crippen LogP contribution in [0.5, 0.6) is 0 Å². The fraction of sp³-hybridized carbons (Fsp3) is 0.550. The number of hydrazone groups is 1. The highest BCUT2D eigenvalue weighted by Gasteiger charge is 2.40. The maximum Gasteiger partial charge on any atom is 0.243 e. The molecule has 0 spiro atoms. The summed E-state index contributed by atoms with van der Waals surface area (Å²) in [5.74, 6) is 0.860. The van der Waals surface area contributed by atoms with Crippen molar-refractivity contribution in [2.24, 2.45) is 28.8 Å². The summed E-state index contributed by atoms with van der Waals surface area (Å²) in [7, 11) is 1.86. The molecule has 0 saturated heterocycles. The highest BCUT2D eigenvalue weighted by atomic mass is 16.2. The van der Waals surface area contributed by atoms with Crippen molar-refractivity contribution in [2.45, 2.75) is 39.5 Å². The lowest BCUT2D eigenvalue weighted by molar-refractivity contribution is -0.126. The minimum atomic E-state index is 0.0198. The number of fused-ring (bicyclic) bond motifs is 2. The third-order valence-corrected chi connectivity index (χ3v) is 6.34. The third kappa shape index (κ3) is 2.57. The summed E-state index contributed by atoms with van der Waals surface area (Å²) in [5.41, 5.74) is 6.98. The van der Waals surface area contributed by atoms with E-state index >= 15 is 0 Å². The van der Waals surface area contributed by atoms with Gasteiger partial charge in [0, 0.05) is 30.5 Å².